The number of hydrogen-bond acceptors (Lipinski definition) is 4. The maximum absolute atomic E-state index is 11.9. The van der Waals surface area contributed by atoms with Gasteiger partial charge in [-0.2, -0.15) is 0 Å². The number of carbonyl (C=O) groups excluding carboxylic acids is 1. The highest BCUT2D eigenvalue weighted by Gasteiger charge is 2.10. The lowest BCUT2D eigenvalue weighted by atomic mass is 10.1. The van der Waals surface area contributed by atoms with Crippen LogP contribution in [-0.2, 0) is 4.74 Å². The van der Waals surface area contributed by atoms with E-state index in [4.69, 9.17) is 9.47 Å². The molecular formula is C24H41ClN2O3. The highest BCUT2D eigenvalue weighted by atomic mass is 35.5. The number of anilines is 1. The SMILES string of the molecule is CCCCCCCCCOc1ccc(NC(=O)OCCCN2CCCCC2)cc1.Cl. The van der Waals surface area contributed by atoms with Gasteiger partial charge in [-0.05, 0) is 63.0 Å². The zero-order valence-corrected chi connectivity index (χ0v) is 19.5. The molecule has 1 amide bonds. The summed E-state index contributed by atoms with van der Waals surface area (Å²) in [6.07, 6.45) is 13.4. The van der Waals surface area contributed by atoms with E-state index in [0.29, 0.717) is 6.61 Å². The molecule has 1 aliphatic heterocycles. The van der Waals surface area contributed by atoms with Gasteiger partial charge in [0.1, 0.15) is 5.75 Å². The summed E-state index contributed by atoms with van der Waals surface area (Å²) in [6, 6.07) is 7.50. The normalized spacial score (nSPS) is 14.0. The second-order valence-electron chi connectivity index (χ2n) is 8.01. The van der Waals surface area contributed by atoms with Crippen molar-refractivity contribution in [2.75, 3.05) is 38.2 Å². The molecule has 1 heterocycles. The summed E-state index contributed by atoms with van der Waals surface area (Å²) >= 11 is 0. The van der Waals surface area contributed by atoms with E-state index in [1.54, 1.807) is 0 Å². The van der Waals surface area contributed by atoms with Gasteiger partial charge in [-0.3, -0.25) is 5.32 Å². The summed E-state index contributed by atoms with van der Waals surface area (Å²) in [5.74, 6) is 0.844. The maximum Gasteiger partial charge on any atom is 0.411 e. The number of halogens is 1. The molecule has 0 radical (unpaired) electrons. The first kappa shape index (κ1) is 26.6. The van der Waals surface area contributed by atoms with E-state index in [-0.39, 0.29) is 18.5 Å². The molecule has 0 saturated carbocycles. The van der Waals surface area contributed by atoms with E-state index in [1.807, 2.05) is 24.3 Å². The van der Waals surface area contributed by atoms with Crippen molar-refractivity contribution >= 4 is 24.2 Å². The first-order chi connectivity index (χ1) is 14.3. The van der Waals surface area contributed by atoms with Crippen LogP contribution in [0.3, 0.4) is 0 Å². The second kappa shape index (κ2) is 17.2. The van der Waals surface area contributed by atoms with Gasteiger partial charge < -0.3 is 14.4 Å². The molecule has 0 spiro atoms. The molecule has 1 aromatic rings. The molecule has 5 nitrogen and oxygen atoms in total. The highest BCUT2D eigenvalue weighted by Crippen LogP contribution is 2.17. The zero-order chi connectivity index (χ0) is 20.6. The Morgan fingerprint density at radius 1 is 0.900 bits per heavy atom. The average Bonchev–Trinajstić information content (AvgIpc) is 2.75. The van der Waals surface area contributed by atoms with Crippen molar-refractivity contribution in [1.29, 1.82) is 0 Å². The van der Waals surface area contributed by atoms with Crippen molar-refractivity contribution in [3.8, 4) is 5.75 Å². The molecule has 0 aliphatic carbocycles. The van der Waals surface area contributed by atoms with Gasteiger partial charge in [0, 0.05) is 12.2 Å². The van der Waals surface area contributed by atoms with Gasteiger partial charge in [0.2, 0.25) is 0 Å². The van der Waals surface area contributed by atoms with Crippen molar-refractivity contribution in [2.45, 2.75) is 77.6 Å². The third kappa shape index (κ3) is 12.3. The predicted molar refractivity (Wildman–Crippen MR) is 127 cm³/mol. The minimum atomic E-state index is -0.389. The van der Waals surface area contributed by atoms with E-state index in [9.17, 15) is 4.79 Å². The van der Waals surface area contributed by atoms with Gasteiger partial charge in [0.15, 0.2) is 0 Å². The van der Waals surface area contributed by atoms with Gasteiger partial charge in [-0.1, -0.05) is 51.9 Å². The van der Waals surface area contributed by atoms with Crippen LogP contribution in [0.1, 0.15) is 77.6 Å². The third-order valence-corrected chi connectivity index (χ3v) is 5.42. The summed E-state index contributed by atoms with van der Waals surface area (Å²) < 4.78 is 11.1. The van der Waals surface area contributed by atoms with Gasteiger partial charge >= 0.3 is 6.09 Å². The molecule has 1 saturated heterocycles. The van der Waals surface area contributed by atoms with Gasteiger partial charge in [0.05, 0.1) is 13.2 Å². The van der Waals surface area contributed by atoms with E-state index < -0.39 is 0 Å². The lowest BCUT2D eigenvalue weighted by molar-refractivity contribution is 0.148. The molecular weight excluding hydrogens is 400 g/mol. The van der Waals surface area contributed by atoms with Crippen LogP contribution in [0.2, 0.25) is 0 Å². The fourth-order valence-electron chi connectivity index (χ4n) is 3.67. The number of carbonyl (C=O) groups is 1. The van der Waals surface area contributed by atoms with Gasteiger partial charge in [-0.15, -0.1) is 12.4 Å². The molecule has 2 rings (SSSR count). The quantitative estimate of drug-likeness (QED) is 0.328. The van der Waals surface area contributed by atoms with Gasteiger partial charge in [-0.25, -0.2) is 4.79 Å². The van der Waals surface area contributed by atoms with Crippen LogP contribution in [0.25, 0.3) is 0 Å². The Labute approximate surface area is 189 Å². The van der Waals surface area contributed by atoms with Crippen molar-refractivity contribution in [2.24, 2.45) is 0 Å². The second-order valence-corrected chi connectivity index (χ2v) is 8.01. The number of piperidine rings is 1. The van der Waals surface area contributed by atoms with Crippen LogP contribution in [0.15, 0.2) is 24.3 Å². The fraction of sp³-hybridized carbons (Fsp3) is 0.708. The molecule has 0 unspecified atom stereocenters. The summed E-state index contributed by atoms with van der Waals surface area (Å²) in [5, 5.41) is 2.78. The van der Waals surface area contributed by atoms with Crippen molar-refractivity contribution in [1.82, 2.24) is 4.90 Å². The summed E-state index contributed by atoms with van der Waals surface area (Å²) in [6.45, 7) is 6.83. The molecule has 1 aromatic carbocycles. The Morgan fingerprint density at radius 2 is 1.57 bits per heavy atom. The maximum atomic E-state index is 11.9. The molecule has 172 valence electrons. The first-order valence-electron chi connectivity index (χ1n) is 11.7. The number of nitrogens with zero attached hydrogens (tertiary/aromatic N) is 1. The smallest absolute Gasteiger partial charge is 0.411 e. The molecule has 30 heavy (non-hydrogen) atoms. The standard InChI is InChI=1S/C24H40N2O3.ClH/c1-2-3-4-5-6-7-11-20-28-23-15-13-22(14-16-23)25-24(27)29-21-12-19-26-17-9-8-10-18-26;/h13-16H,2-12,17-21H2,1H3,(H,25,27);1H. The Kier molecular flexibility index (Phi) is 15.3. The van der Waals surface area contributed by atoms with E-state index in [0.717, 1.165) is 37.4 Å². The number of unbranched alkanes of at least 4 members (excludes halogenated alkanes) is 6. The highest BCUT2D eigenvalue weighted by molar-refractivity contribution is 5.85. The lowest BCUT2D eigenvalue weighted by Crippen LogP contribution is -2.31. The molecule has 0 aromatic heterocycles. The molecule has 1 fully saturated rings. The Bertz CT molecular complexity index is 548. The van der Waals surface area contributed by atoms with Crippen molar-refractivity contribution in [3.63, 3.8) is 0 Å². The van der Waals surface area contributed by atoms with Crippen LogP contribution >= 0.6 is 12.4 Å². The first-order valence-corrected chi connectivity index (χ1v) is 11.7. The zero-order valence-electron chi connectivity index (χ0n) is 18.7. The third-order valence-electron chi connectivity index (χ3n) is 5.42. The van der Waals surface area contributed by atoms with E-state index in [1.165, 1.54) is 70.9 Å². The summed E-state index contributed by atoms with van der Waals surface area (Å²) in [7, 11) is 0. The molecule has 6 heteroatoms. The molecule has 1 N–H and O–H groups in total. The van der Waals surface area contributed by atoms with E-state index >= 15 is 0 Å². The number of likely N-dealkylation sites (tertiary alicyclic amines) is 1. The monoisotopic (exact) mass is 440 g/mol. The van der Waals surface area contributed by atoms with Crippen molar-refractivity contribution < 1.29 is 14.3 Å². The number of amides is 1. The van der Waals surface area contributed by atoms with Crippen LogP contribution in [0, 0.1) is 0 Å². The number of benzene rings is 1. The van der Waals surface area contributed by atoms with Crippen molar-refractivity contribution in [3.05, 3.63) is 24.3 Å². The Hall–Kier alpha value is -1.46. The van der Waals surface area contributed by atoms with Crippen LogP contribution < -0.4 is 10.1 Å². The van der Waals surface area contributed by atoms with Crippen LogP contribution in [0.5, 0.6) is 5.75 Å². The Morgan fingerprint density at radius 3 is 2.27 bits per heavy atom. The number of nitrogens with one attached hydrogen (secondary N) is 1. The largest absolute Gasteiger partial charge is 0.494 e. The minimum absolute atomic E-state index is 0. The molecule has 0 bridgehead atoms. The summed E-state index contributed by atoms with van der Waals surface area (Å²) in [5.41, 5.74) is 0.731. The fourth-order valence-corrected chi connectivity index (χ4v) is 3.67. The topological polar surface area (TPSA) is 50.8 Å². The Balaban J connectivity index is 0.00000450. The van der Waals surface area contributed by atoms with Crippen LogP contribution in [-0.4, -0.2) is 43.8 Å². The number of ether oxygens (including phenoxy) is 2. The lowest BCUT2D eigenvalue weighted by Gasteiger charge is -2.26. The number of hydrogen-bond donors (Lipinski definition) is 1. The summed E-state index contributed by atoms with van der Waals surface area (Å²) in [4.78, 5) is 14.4. The number of rotatable bonds is 14. The minimum Gasteiger partial charge on any atom is -0.494 e. The predicted octanol–water partition coefficient (Wildman–Crippen LogP) is 6.66. The molecule has 0 atom stereocenters. The average molecular weight is 441 g/mol. The molecule has 1 aliphatic rings. The van der Waals surface area contributed by atoms with Gasteiger partial charge in [0.25, 0.3) is 0 Å². The van der Waals surface area contributed by atoms with E-state index in [2.05, 4.69) is 17.1 Å². The van der Waals surface area contributed by atoms with Crippen LogP contribution in [0.4, 0.5) is 10.5 Å².